The molecule has 0 spiro atoms. The van der Waals surface area contributed by atoms with Gasteiger partial charge in [0.1, 0.15) is 0 Å². The summed E-state index contributed by atoms with van der Waals surface area (Å²) < 4.78 is 0. The van der Waals surface area contributed by atoms with Gasteiger partial charge in [0.05, 0.1) is 22.2 Å². The van der Waals surface area contributed by atoms with Gasteiger partial charge in [-0.15, -0.1) is 0 Å². The Morgan fingerprint density at radius 2 is 1.18 bits per heavy atom. The van der Waals surface area contributed by atoms with Crippen molar-refractivity contribution in [3.8, 4) is 11.3 Å². The molecule has 0 bridgehead atoms. The highest BCUT2D eigenvalue weighted by Gasteiger charge is 2.15. The van der Waals surface area contributed by atoms with E-state index in [0.717, 1.165) is 54.7 Å². The van der Waals surface area contributed by atoms with E-state index >= 15 is 0 Å². The van der Waals surface area contributed by atoms with Gasteiger partial charge in [-0.3, -0.25) is 9.97 Å². The van der Waals surface area contributed by atoms with Crippen molar-refractivity contribution in [2.75, 3.05) is 0 Å². The first-order valence-corrected chi connectivity index (χ1v) is 9.30. The minimum absolute atomic E-state index is 0.919. The molecule has 3 heteroatoms. The molecule has 0 N–H and O–H groups in total. The Labute approximate surface area is 161 Å². The third-order valence-electron chi connectivity index (χ3n) is 5.32. The largest absolute Gasteiger partial charge is 0.256 e. The van der Waals surface area contributed by atoms with Crippen molar-refractivity contribution in [3.63, 3.8) is 0 Å². The van der Waals surface area contributed by atoms with Crippen LogP contribution in [-0.4, -0.2) is 15.0 Å². The van der Waals surface area contributed by atoms with Crippen LogP contribution in [0.25, 0.3) is 54.7 Å². The van der Waals surface area contributed by atoms with Gasteiger partial charge in [-0.25, -0.2) is 4.98 Å². The van der Waals surface area contributed by atoms with Crippen LogP contribution in [0, 0.1) is 0 Å². The number of pyridine rings is 3. The summed E-state index contributed by atoms with van der Waals surface area (Å²) in [7, 11) is 0. The molecule has 0 fully saturated rings. The van der Waals surface area contributed by atoms with Gasteiger partial charge in [0.2, 0.25) is 0 Å². The Morgan fingerprint density at radius 3 is 1.96 bits per heavy atom. The summed E-state index contributed by atoms with van der Waals surface area (Å²) in [5, 5.41) is 5.55. The van der Waals surface area contributed by atoms with Gasteiger partial charge in [-0.05, 0) is 12.1 Å². The molecule has 3 aromatic heterocycles. The molecule has 6 rings (SSSR count). The molecule has 3 nitrogen and oxygen atoms in total. The van der Waals surface area contributed by atoms with E-state index in [0.29, 0.717) is 0 Å². The molecule has 0 atom stereocenters. The van der Waals surface area contributed by atoms with E-state index in [2.05, 4.69) is 53.5 Å². The second kappa shape index (κ2) is 5.83. The summed E-state index contributed by atoms with van der Waals surface area (Å²) in [5.41, 5.74) is 4.90. The van der Waals surface area contributed by atoms with Crippen molar-refractivity contribution < 1.29 is 0 Å². The zero-order valence-corrected chi connectivity index (χ0v) is 15.0. The minimum atomic E-state index is 0.919. The topological polar surface area (TPSA) is 38.7 Å². The number of aromatic nitrogens is 3. The van der Waals surface area contributed by atoms with Crippen LogP contribution in [0.2, 0.25) is 0 Å². The summed E-state index contributed by atoms with van der Waals surface area (Å²) >= 11 is 0. The lowest BCUT2D eigenvalue weighted by molar-refractivity contribution is 1.38. The standard InChI is InChI=1S/C25H15N3/c1-2-6-16(7-3-1)22-19-12-10-17-8-4-14-26-23(17)21(19)20-13-11-18-9-5-15-27-24(18)25(20)28-22/h1-15H. The fourth-order valence-corrected chi connectivity index (χ4v) is 4.05. The third kappa shape index (κ3) is 2.13. The van der Waals surface area contributed by atoms with Gasteiger partial charge in [-0.2, -0.15) is 0 Å². The summed E-state index contributed by atoms with van der Waals surface area (Å²) in [4.78, 5) is 14.5. The first-order valence-electron chi connectivity index (χ1n) is 9.30. The van der Waals surface area contributed by atoms with Crippen LogP contribution < -0.4 is 0 Å². The van der Waals surface area contributed by atoms with Crippen molar-refractivity contribution in [2.24, 2.45) is 0 Å². The highest BCUT2D eigenvalue weighted by molar-refractivity contribution is 6.24. The second-order valence-corrected chi connectivity index (χ2v) is 6.93. The summed E-state index contributed by atoms with van der Waals surface area (Å²) in [6.45, 7) is 0. The van der Waals surface area contributed by atoms with Crippen LogP contribution in [0.1, 0.15) is 0 Å². The van der Waals surface area contributed by atoms with Crippen LogP contribution in [0.3, 0.4) is 0 Å². The maximum atomic E-state index is 5.12. The van der Waals surface area contributed by atoms with E-state index in [4.69, 9.17) is 9.97 Å². The van der Waals surface area contributed by atoms with E-state index in [1.165, 1.54) is 0 Å². The zero-order chi connectivity index (χ0) is 18.5. The molecule has 0 aliphatic carbocycles. The summed E-state index contributed by atoms with van der Waals surface area (Å²) in [6.07, 6.45) is 3.69. The molecular formula is C25H15N3. The van der Waals surface area contributed by atoms with Crippen LogP contribution >= 0.6 is 0 Å². The average molecular weight is 357 g/mol. The first-order chi connectivity index (χ1) is 13.9. The molecular weight excluding hydrogens is 342 g/mol. The zero-order valence-electron chi connectivity index (χ0n) is 15.0. The molecule has 0 unspecified atom stereocenters. The first kappa shape index (κ1) is 15.2. The molecule has 3 aromatic carbocycles. The number of rotatable bonds is 1. The monoisotopic (exact) mass is 357 g/mol. The lowest BCUT2D eigenvalue weighted by Gasteiger charge is -2.13. The number of nitrogens with zero attached hydrogens (tertiary/aromatic N) is 3. The quantitative estimate of drug-likeness (QED) is 0.331. The Balaban J connectivity index is 1.92. The molecule has 0 aliphatic heterocycles. The Bertz CT molecular complexity index is 1500. The molecule has 6 aromatic rings. The molecule has 28 heavy (non-hydrogen) atoms. The molecule has 0 amide bonds. The molecule has 0 saturated carbocycles. The molecule has 0 aliphatic rings. The predicted octanol–water partition coefficient (Wildman–Crippen LogP) is 6.15. The Kier molecular flexibility index (Phi) is 3.17. The predicted molar refractivity (Wildman–Crippen MR) is 115 cm³/mol. The minimum Gasteiger partial charge on any atom is -0.256 e. The van der Waals surface area contributed by atoms with Gasteiger partial charge in [-0.1, -0.05) is 66.7 Å². The van der Waals surface area contributed by atoms with E-state index in [1.54, 1.807) is 0 Å². The van der Waals surface area contributed by atoms with Crippen molar-refractivity contribution in [3.05, 3.63) is 91.3 Å². The molecule has 0 saturated heterocycles. The van der Waals surface area contributed by atoms with Crippen LogP contribution in [0.5, 0.6) is 0 Å². The summed E-state index contributed by atoms with van der Waals surface area (Å²) in [5.74, 6) is 0. The van der Waals surface area contributed by atoms with E-state index in [1.807, 2.05) is 42.7 Å². The van der Waals surface area contributed by atoms with Crippen molar-refractivity contribution >= 4 is 43.5 Å². The highest BCUT2D eigenvalue weighted by atomic mass is 14.8. The van der Waals surface area contributed by atoms with E-state index < -0.39 is 0 Å². The van der Waals surface area contributed by atoms with Gasteiger partial charge in [0, 0.05) is 44.9 Å². The van der Waals surface area contributed by atoms with Crippen molar-refractivity contribution in [1.82, 2.24) is 15.0 Å². The summed E-state index contributed by atoms with van der Waals surface area (Å²) in [6, 6.07) is 27.0. The number of hydrogen-bond acceptors (Lipinski definition) is 3. The van der Waals surface area contributed by atoms with E-state index in [9.17, 15) is 0 Å². The number of benzene rings is 3. The molecule has 130 valence electrons. The second-order valence-electron chi connectivity index (χ2n) is 6.93. The van der Waals surface area contributed by atoms with Crippen LogP contribution in [0.4, 0.5) is 0 Å². The SMILES string of the molecule is c1ccc(-c2nc3c(ccc4cccnc43)c3c2ccc2cccnc23)cc1. The van der Waals surface area contributed by atoms with Gasteiger partial charge in [0.15, 0.2) is 0 Å². The highest BCUT2D eigenvalue weighted by Crippen LogP contribution is 2.37. The fourth-order valence-electron chi connectivity index (χ4n) is 4.05. The maximum Gasteiger partial charge on any atom is 0.0979 e. The Morgan fingerprint density at radius 1 is 0.500 bits per heavy atom. The molecule has 3 heterocycles. The number of hydrogen-bond donors (Lipinski definition) is 0. The van der Waals surface area contributed by atoms with E-state index in [-0.39, 0.29) is 0 Å². The normalized spacial score (nSPS) is 11.6. The lowest BCUT2D eigenvalue weighted by atomic mass is 9.96. The van der Waals surface area contributed by atoms with Gasteiger partial charge >= 0.3 is 0 Å². The van der Waals surface area contributed by atoms with Crippen LogP contribution in [0.15, 0.2) is 91.3 Å². The smallest absolute Gasteiger partial charge is 0.0979 e. The van der Waals surface area contributed by atoms with Gasteiger partial charge in [0.25, 0.3) is 0 Å². The van der Waals surface area contributed by atoms with Crippen molar-refractivity contribution in [1.29, 1.82) is 0 Å². The van der Waals surface area contributed by atoms with Crippen LogP contribution in [-0.2, 0) is 0 Å². The fraction of sp³-hybridized carbons (Fsp3) is 0. The average Bonchev–Trinajstić information content (AvgIpc) is 2.78. The maximum absolute atomic E-state index is 5.12. The number of fused-ring (bicyclic) bond motifs is 7. The lowest BCUT2D eigenvalue weighted by Crippen LogP contribution is -1.93. The van der Waals surface area contributed by atoms with Crippen molar-refractivity contribution in [2.45, 2.75) is 0 Å². The van der Waals surface area contributed by atoms with Gasteiger partial charge < -0.3 is 0 Å². The Hall–Kier alpha value is -3.85. The third-order valence-corrected chi connectivity index (χ3v) is 5.32. The molecule has 0 radical (unpaired) electrons.